The Kier molecular flexibility index (Phi) is 3.34. The van der Waals surface area contributed by atoms with E-state index in [-0.39, 0.29) is 11.9 Å². The number of para-hydroxylation sites is 1. The number of hydrogen-bond donors (Lipinski definition) is 2. The van der Waals surface area contributed by atoms with Crippen molar-refractivity contribution in [2.75, 3.05) is 6.54 Å². The summed E-state index contributed by atoms with van der Waals surface area (Å²) in [5.41, 5.74) is 1.30. The minimum Gasteiger partial charge on any atom is -0.349 e. The third kappa shape index (κ3) is 2.30. The topological polar surface area (TPSA) is 77.7 Å². The molecule has 1 aromatic carbocycles. The lowest BCUT2D eigenvalue weighted by Gasteiger charge is -2.22. The molecule has 0 aliphatic carbocycles. The maximum absolute atomic E-state index is 13.0. The van der Waals surface area contributed by atoms with Crippen molar-refractivity contribution in [3.8, 4) is 0 Å². The number of aromatic amines is 2. The third-order valence-corrected chi connectivity index (χ3v) is 4.68. The van der Waals surface area contributed by atoms with E-state index in [1.54, 1.807) is 4.90 Å². The zero-order chi connectivity index (χ0) is 16.0. The van der Waals surface area contributed by atoms with Crippen LogP contribution in [-0.4, -0.2) is 37.5 Å². The van der Waals surface area contributed by atoms with Gasteiger partial charge in [-0.05, 0) is 25.8 Å². The van der Waals surface area contributed by atoms with Crippen LogP contribution in [0.3, 0.4) is 0 Å². The number of rotatable bonds is 2. The highest BCUT2D eigenvalue weighted by Crippen LogP contribution is 2.34. The van der Waals surface area contributed by atoms with Crippen LogP contribution in [0.1, 0.15) is 41.0 Å². The fourth-order valence-corrected chi connectivity index (χ4v) is 3.48. The number of nitrogens with one attached hydrogen (secondary N) is 2. The van der Waals surface area contributed by atoms with Gasteiger partial charge >= 0.3 is 0 Å². The van der Waals surface area contributed by atoms with E-state index in [0.29, 0.717) is 23.1 Å². The number of likely N-dealkylation sites (tertiary alicyclic amines) is 1. The van der Waals surface area contributed by atoms with Gasteiger partial charge in [-0.1, -0.05) is 29.8 Å². The van der Waals surface area contributed by atoms with Crippen molar-refractivity contribution in [2.24, 2.45) is 0 Å². The Labute approximate surface area is 137 Å². The summed E-state index contributed by atoms with van der Waals surface area (Å²) in [5, 5.41) is 8.40. The van der Waals surface area contributed by atoms with Gasteiger partial charge in [-0.2, -0.15) is 5.10 Å². The highest BCUT2D eigenvalue weighted by Gasteiger charge is 2.34. The summed E-state index contributed by atoms with van der Waals surface area (Å²) in [6.07, 6.45) is 1.79. The van der Waals surface area contributed by atoms with Crippen LogP contribution in [0.15, 0.2) is 24.3 Å². The smallest absolute Gasteiger partial charge is 0.272 e. The Morgan fingerprint density at radius 1 is 1.39 bits per heavy atom. The van der Waals surface area contributed by atoms with Crippen molar-refractivity contribution in [3.05, 3.63) is 46.6 Å². The molecule has 1 saturated heterocycles. The molecule has 0 spiro atoms. The van der Waals surface area contributed by atoms with Gasteiger partial charge in [-0.15, -0.1) is 0 Å². The number of fused-ring (bicyclic) bond motifs is 1. The molecule has 0 saturated carbocycles. The zero-order valence-corrected chi connectivity index (χ0v) is 13.4. The predicted molar refractivity (Wildman–Crippen MR) is 87.4 cm³/mol. The van der Waals surface area contributed by atoms with Crippen molar-refractivity contribution in [1.29, 1.82) is 0 Å². The van der Waals surface area contributed by atoms with Crippen LogP contribution in [0, 0.1) is 6.92 Å². The van der Waals surface area contributed by atoms with Gasteiger partial charge in [-0.25, -0.2) is 4.98 Å². The number of nitrogens with zero attached hydrogens (tertiary/aromatic N) is 3. The second-order valence-corrected chi connectivity index (χ2v) is 6.17. The van der Waals surface area contributed by atoms with Crippen molar-refractivity contribution < 1.29 is 4.79 Å². The Hall–Kier alpha value is -2.34. The quantitative estimate of drug-likeness (QED) is 0.757. The maximum Gasteiger partial charge on any atom is 0.272 e. The number of carbonyl (C=O) groups is 1. The van der Waals surface area contributed by atoms with Gasteiger partial charge in [-0.3, -0.25) is 9.89 Å². The molecular weight excluding hydrogens is 314 g/mol. The number of halogens is 1. The molecule has 1 amide bonds. The molecule has 7 heteroatoms. The molecule has 0 unspecified atom stereocenters. The van der Waals surface area contributed by atoms with Crippen molar-refractivity contribution in [1.82, 2.24) is 25.1 Å². The molecule has 3 heterocycles. The molecule has 1 atom stereocenters. The van der Waals surface area contributed by atoms with Gasteiger partial charge in [0.25, 0.3) is 5.91 Å². The van der Waals surface area contributed by atoms with Crippen LogP contribution in [0.5, 0.6) is 0 Å². The molecule has 1 aliphatic rings. The van der Waals surface area contributed by atoms with Gasteiger partial charge in [0.1, 0.15) is 11.5 Å². The van der Waals surface area contributed by atoms with Crippen LogP contribution in [0.25, 0.3) is 10.9 Å². The second-order valence-electron chi connectivity index (χ2n) is 5.80. The van der Waals surface area contributed by atoms with E-state index in [2.05, 4.69) is 20.2 Å². The highest BCUT2D eigenvalue weighted by atomic mass is 35.5. The van der Waals surface area contributed by atoms with E-state index >= 15 is 0 Å². The monoisotopic (exact) mass is 329 g/mol. The lowest BCUT2D eigenvalue weighted by atomic mass is 10.2. The Bertz CT molecular complexity index is 884. The molecule has 0 radical (unpaired) electrons. The summed E-state index contributed by atoms with van der Waals surface area (Å²) in [6.45, 7) is 2.54. The van der Waals surface area contributed by atoms with E-state index < -0.39 is 0 Å². The molecule has 0 bridgehead atoms. The Morgan fingerprint density at radius 2 is 2.22 bits per heavy atom. The predicted octanol–water partition coefficient (Wildman–Crippen LogP) is 3.23. The SMILES string of the molecule is Cc1nc([C@@H]2CCCN2C(=O)c2[nH]c3ccccc3c2Cl)n[nH]1. The number of aromatic nitrogens is 4. The number of carbonyl (C=O) groups excluding carboxylic acids is 1. The first-order chi connectivity index (χ1) is 11.1. The van der Waals surface area contributed by atoms with Crippen molar-refractivity contribution in [2.45, 2.75) is 25.8 Å². The lowest BCUT2D eigenvalue weighted by molar-refractivity contribution is 0.0725. The van der Waals surface area contributed by atoms with E-state index in [4.69, 9.17) is 11.6 Å². The molecule has 23 heavy (non-hydrogen) atoms. The first-order valence-electron chi connectivity index (χ1n) is 7.61. The summed E-state index contributed by atoms with van der Waals surface area (Å²) in [4.78, 5) is 22.3. The first kappa shape index (κ1) is 14.3. The van der Waals surface area contributed by atoms with Crippen molar-refractivity contribution in [3.63, 3.8) is 0 Å². The summed E-state index contributed by atoms with van der Waals surface area (Å²) in [5.74, 6) is 1.32. The lowest BCUT2D eigenvalue weighted by Crippen LogP contribution is -2.31. The van der Waals surface area contributed by atoms with Crippen LogP contribution >= 0.6 is 11.6 Å². The van der Waals surface area contributed by atoms with Crippen molar-refractivity contribution >= 4 is 28.4 Å². The van der Waals surface area contributed by atoms with Crippen LogP contribution < -0.4 is 0 Å². The summed E-state index contributed by atoms with van der Waals surface area (Å²) >= 11 is 6.41. The number of amides is 1. The standard InChI is InChI=1S/C16H16ClN5O/c1-9-18-15(21-20-9)12-7-4-8-22(12)16(23)14-13(17)10-5-2-3-6-11(10)19-14/h2-3,5-6,12,19H,4,7-8H2,1H3,(H,18,20,21)/t12-/m0/s1. The molecule has 4 rings (SSSR count). The van der Waals surface area contributed by atoms with Crippen LogP contribution in [-0.2, 0) is 0 Å². The number of hydrogen-bond acceptors (Lipinski definition) is 3. The minimum absolute atomic E-state index is 0.101. The minimum atomic E-state index is -0.102. The molecule has 6 nitrogen and oxygen atoms in total. The highest BCUT2D eigenvalue weighted by molar-refractivity contribution is 6.38. The molecule has 118 valence electrons. The molecule has 2 N–H and O–H groups in total. The fraction of sp³-hybridized carbons (Fsp3) is 0.312. The normalized spacial score (nSPS) is 18.0. The molecule has 1 aliphatic heterocycles. The average molecular weight is 330 g/mol. The van der Waals surface area contributed by atoms with Gasteiger partial charge in [0.05, 0.1) is 11.1 Å². The molecule has 2 aromatic heterocycles. The molecular formula is C16H16ClN5O. The second kappa shape index (κ2) is 5.38. The van der Waals surface area contributed by atoms with Crippen LogP contribution in [0.2, 0.25) is 5.02 Å². The van der Waals surface area contributed by atoms with E-state index in [1.165, 1.54) is 0 Å². The maximum atomic E-state index is 13.0. The van der Waals surface area contributed by atoms with Gasteiger partial charge in [0, 0.05) is 17.4 Å². The Balaban J connectivity index is 1.71. The third-order valence-electron chi connectivity index (χ3n) is 4.28. The number of aryl methyl sites for hydroxylation is 1. The van der Waals surface area contributed by atoms with Crippen LogP contribution in [0.4, 0.5) is 0 Å². The van der Waals surface area contributed by atoms with Gasteiger partial charge < -0.3 is 9.88 Å². The first-order valence-corrected chi connectivity index (χ1v) is 7.99. The Morgan fingerprint density at radius 3 is 2.96 bits per heavy atom. The summed E-state index contributed by atoms with van der Waals surface area (Å²) < 4.78 is 0. The summed E-state index contributed by atoms with van der Waals surface area (Å²) in [6, 6.07) is 7.54. The average Bonchev–Trinajstić information content (AvgIpc) is 3.26. The van der Waals surface area contributed by atoms with Gasteiger partial charge in [0.15, 0.2) is 5.82 Å². The molecule has 1 fully saturated rings. The zero-order valence-electron chi connectivity index (χ0n) is 12.6. The largest absolute Gasteiger partial charge is 0.349 e. The fourth-order valence-electron chi connectivity index (χ4n) is 3.19. The van der Waals surface area contributed by atoms with E-state index in [9.17, 15) is 4.79 Å². The number of benzene rings is 1. The number of H-pyrrole nitrogens is 2. The summed E-state index contributed by atoms with van der Waals surface area (Å²) in [7, 11) is 0. The van der Waals surface area contributed by atoms with E-state index in [0.717, 1.165) is 29.6 Å². The van der Waals surface area contributed by atoms with Gasteiger partial charge in [0.2, 0.25) is 0 Å². The molecule has 3 aromatic rings. The van der Waals surface area contributed by atoms with E-state index in [1.807, 2.05) is 31.2 Å².